The molecule has 0 spiro atoms. The van der Waals surface area contributed by atoms with Gasteiger partial charge in [0.1, 0.15) is 18.1 Å². The van der Waals surface area contributed by atoms with Gasteiger partial charge in [0, 0.05) is 12.3 Å². The molecular weight excluding hydrogens is 276 g/mol. The summed E-state index contributed by atoms with van der Waals surface area (Å²) < 4.78 is 5.58. The van der Waals surface area contributed by atoms with Crippen LogP contribution in [0.1, 0.15) is 25.4 Å². The molecule has 2 heterocycles. The maximum Gasteiger partial charge on any atom is 0.248 e. The van der Waals surface area contributed by atoms with Crippen molar-refractivity contribution in [3.63, 3.8) is 0 Å². The molecule has 20 heavy (non-hydrogen) atoms. The molecule has 1 aliphatic rings. The Morgan fingerprint density at radius 3 is 2.95 bits per heavy atom. The van der Waals surface area contributed by atoms with E-state index in [2.05, 4.69) is 29.5 Å². The zero-order chi connectivity index (χ0) is 14.6. The summed E-state index contributed by atoms with van der Waals surface area (Å²) in [6.07, 6.45) is 0. The summed E-state index contributed by atoms with van der Waals surface area (Å²) in [6, 6.07) is 3.89. The van der Waals surface area contributed by atoms with Gasteiger partial charge in [-0.1, -0.05) is 0 Å². The molecule has 7 heteroatoms. The van der Waals surface area contributed by atoms with Crippen molar-refractivity contribution in [2.24, 2.45) is 10.7 Å². The Labute approximate surface area is 122 Å². The van der Waals surface area contributed by atoms with Crippen molar-refractivity contribution in [3.8, 4) is 0 Å². The summed E-state index contributed by atoms with van der Waals surface area (Å²) in [5.41, 5.74) is 5.55. The summed E-state index contributed by atoms with van der Waals surface area (Å²) >= 11 is 1.78. The van der Waals surface area contributed by atoms with Crippen LogP contribution in [0.3, 0.4) is 0 Å². The number of aliphatic imine (C=N–C) groups is 1. The van der Waals surface area contributed by atoms with Crippen LogP contribution in [-0.2, 0) is 16.1 Å². The first-order valence-electron chi connectivity index (χ1n) is 6.52. The molecule has 2 rings (SSSR count). The van der Waals surface area contributed by atoms with Gasteiger partial charge in [-0.3, -0.25) is 10.1 Å². The average molecular weight is 296 g/mol. The van der Waals surface area contributed by atoms with E-state index in [0.717, 1.165) is 23.8 Å². The van der Waals surface area contributed by atoms with Crippen molar-refractivity contribution < 1.29 is 9.21 Å². The molecule has 0 atom stereocenters. The zero-order valence-electron chi connectivity index (χ0n) is 11.7. The number of nitrogens with zero attached hydrogens (tertiary/aromatic N) is 1. The summed E-state index contributed by atoms with van der Waals surface area (Å²) in [5.74, 6) is 3.10. The van der Waals surface area contributed by atoms with E-state index in [-0.39, 0.29) is 17.2 Å². The Morgan fingerprint density at radius 1 is 1.55 bits per heavy atom. The monoisotopic (exact) mass is 296 g/mol. The van der Waals surface area contributed by atoms with Crippen LogP contribution in [0.25, 0.3) is 0 Å². The van der Waals surface area contributed by atoms with E-state index in [1.54, 1.807) is 11.8 Å². The van der Waals surface area contributed by atoms with Crippen LogP contribution in [0.5, 0.6) is 0 Å². The molecule has 0 radical (unpaired) electrons. The van der Waals surface area contributed by atoms with Crippen molar-refractivity contribution in [1.29, 1.82) is 0 Å². The molecule has 1 amide bonds. The molecule has 1 aliphatic heterocycles. The van der Waals surface area contributed by atoms with Crippen molar-refractivity contribution in [2.75, 3.05) is 18.8 Å². The van der Waals surface area contributed by atoms with Gasteiger partial charge in [-0.05, 0) is 26.0 Å². The molecule has 0 aromatic carbocycles. The number of carbonyl (C=O) groups is 1. The SMILES string of the molecule is CC(C)(SCCNC1=NCC(=O)N1)c1ccc(CN)o1. The van der Waals surface area contributed by atoms with Gasteiger partial charge in [-0.25, -0.2) is 4.99 Å². The first kappa shape index (κ1) is 14.9. The van der Waals surface area contributed by atoms with Gasteiger partial charge >= 0.3 is 0 Å². The Morgan fingerprint density at radius 2 is 2.35 bits per heavy atom. The first-order chi connectivity index (χ1) is 9.51. The first-order valence-corrected chi connectivity index (χ1v) is 7.51. The van der Waals surface area contributed by atoms with Crippen LogP contribution in [0.2, 0.25) is 0 Å². The minimum atomic E-state index is -0.115. The van der Waals surface area contributed by atoms with Crippen molar-refractivity contribution >= 4 is 23.6 Å². The van der Waals surface area contributed by atoms with Crippen LogP contribution in [0.15, 0.2) is 21.5 Å². The fraction of sp³-hybridized carbons (Fsp3) is 0.538. The van der Waals surface area contributed by atoms with Gasteiger partial charge in [0.05, 0.1) is 11.3 Å². The van der Waals surface area contributed by atoms with Crippen LogP contribution in [-0.4, -0.2) is 30.7 Å². The molecule has 0 saturated heterocycles. The van der Waals surface area contributed by atoms with Crippen LogP contribution >= 0.6 is 11.8 Å². The second-order valence-corrected chi connectivity index (χ2v) is 6.69. The highest BCUT2D eigenvalue weighted by molar-refractivity contribution is 8.00. The van der Waals surface area contributed by atoms with E-state index in [4.69, 9.17) is 10.2 Å². The van der Waals surface area contributed by atoms with Gasteiger partial charge in [0.2, 0.25) is 5.91 Å². The number of amides is 1. The number of hydrogen-bond donors (Lipinski definition) is 3. The van der Waals surface area contributed by atoms with E-state index in [1.807, 2.05) is 12.1 Å². The van der Waals surface area contributed by atoms with E-state index in [1.165, 1.54) is 0 Å². The second-order valence-electron chi connectivity index (χ2n) is 4.97. The highest BCUT2D eigenvalue weighted by Crippen LogP contribution is 2.36. The largest absolute Gasteiger partial charge is 0.463 e. The van der Waals surface area contributed by atoms with Gasteiger partial charge < -0.3 is 15.5 Å². The fourth-order valence-electron chi connectivity index (χ4n) is 1.82. The highest BCUT2D eigenvalue weighted by Gasteiger charge is 2.24. The third kappa shape index (κ3) is 3.77. The number of nitrogens with two attached hydrogens (primary N) is 1. The predicted octanol–water partition coefficient (Wildman–Crippen LogP) is 0.782. The summed E-state index contributed by atoms with van der Waals surface area (Å²) in [7, 11) is 0. The van der Waals surface area contributed by atoms with Gasteiger partial charge in [-0.2, -0.15) is 0 Å². The smallest absolute Gasteiger partial charge is 0.248 e. The van der Waals surface area contributed by atoms with Gasteiger partial charge in [0.15, 0.2) is 5.96 Å². The number of hydrogen-bond acceptors (Lipinski definition) is 6. The Bertz CT molecular complexity index is 510. The lowest BCUT2D eigenvalue weighted by atomic mass is 10.1. The lowest BCUT2D eigenvalue weighted by Gasteiger charge is -2.21. The minimum Gasteiger partial charge on any atom is -0.463 e. The predicted molar refractivity (Wildman–Crippen MR) is 80.5 cm³/mol. The maximum absolute atomic E-state index is 11.0. The number of furan rings is 1. The number of rotatable bonds is 6. The van der Waals surface area contributed by atoms with E-state index in [0.29, 0.717) is 12.5 Å². The molecule has 6 nitrogen and oxygen atoms in total. The maximum atomic E-state index is 11.0. The minimum absolute atomic E-state index is 0.0645. The van der Waals surface area contributed by atoms with Crippen LogP contribution in [0.4, 0.5) is 0 Å². The number of thioether (sulfide) groups is 1. The topological polar surface area (TPSA) is 92.7 Å². The molecule has 0 fully saturated rings. The quantitative estimate of drug-likeness (QED) is 0.675. The summed E-state index contributed by atoms with van der Waals surface area (Å²) in [4.78, 5) is 15.0. The Hall–Kier alpha value is -1.47. The highest BCUT2D eigenvalue weighted by atomic mass is 32.2. The van der Waals surface area contributed by atoms with E-state index >= 15 is 0 Å². The van der Waals surface area contributed by atoms with Crippen molar-refractivity contribution in [3.05, 3.63) is 23.7 Å². The molecule has 110 valence electrons. The normalized spacial score (nSPS) is 15.2. The van der Waals surface area contributed by atoms with Gasteiger partial charge in [-0.15, -0.1) is 11.8 Å². The summed E-state index contributed by atoms with van der Waals surface area (Å²) in [5, 5.41) is 5.75. The standard InChI is InChI=1S/C13H20N4O2S/c1-13(2,10-4-3-9(7-14)19-10)20-6-5-15-12-16-8-11(18)17-12/h3-4H,5-8,14H2,1-2H3,(H2,15,16,17,18). The van der Waals surface area contributed by atoms with Gasteiger partial charge in [0.25, 0.3) is 0 Å². The molecule has 1 aromatic heterocycles. The molecule has 4 N–H and O–H groups in total. The molecule has 1 aromatic rings. The zero-order valence-corrected chi connectivity index (χ0v) is 12.5. The number of carbonyl (C=O) groups excluding carboxylic acids is 1. The number of guanidine groups is 1. The third-order valence-electron chi connectivity index (χ3n) is 2.95. The molecule has 0 bridgehead atoms. The fourth-order valence-corrected chi connectivity index (χ4v) is 2.79. The Balaban J connectivity index is 1.76. The number of nitrogens with one attached hydrogen (secondary N) is 2. The van der Waals surface area contributed by atoms with Crippen molar-refractivity contribution in [2.45, 2.75) is 25.1 Å². The lowest BCUT2D eigenvalue weighted by Crippen LogP contribution is -2.37. The Kier molecular flexibility index (Phi) is 4.72. The molecular formula is C13H20N4O2S. The van der Waals surface area contributed by atoms with Crippen molar-refractivity contribution in [1.82, 2.24) is 10.6 Å². The van der Waals surface area contributed by atoms with E-state index in [9.17, 15) is 4.79 Å². The van der Waals surface area contributed by atoms with E-state index < -0.39 is 0 Å². The third-order valence-corrected chi connectivity index (χ3v) is 4.28. The molecule has 0 unspecified atom stereocenters. The van der Waals surface area contributed by atoms with Crippen LogP contribution in [0, 0.1) is 0 Å². The average Bonchev–Trinajstić information content (AvgIpc) is 3.03. The summed E-state index contributed by atoms with van der Waals surface area (Å²) in [6.45, 7) is 5.60. The molecule has 0 aliphatic carbocycles. The van der Waals surface area contributed by atoms with Crippen LogP contribution < -0.4 is 16.4 Å². The molecule has 0 saturated carbocycles. The second kappa shape index (κ2) is 6.32. The lowest BCUT2D eigenvalue weighted by molar-refractivity contribution is -0.117.